The summed E-state index contributed by atoms with van der Waals surface area (Å²) in [5.74, 6) is 1.53. The molecule has 0 spiro atoms. The van der Waals surface area contributed by atoms with Crippen molar-refractivity contribution in [1.29, 1.82) is 0 Å². The molecule has 4 rings (SSSR count). The van der Waals surface area contributed by atoms with Crippen molar-refractivity contribution in [2.24, 2.45) is 4.99 Å². The molecule has 0 radical (unpaired) electrons. The summed E-state index contributed by atoms with van der Waals surface area (Å²) in [6, 6.07) is 28.3. The number of unbranched alkanes of at least 4 members (excludes halogenated alkanes) is 18. The standard InChI is InChI=1S/C51H67NO6/c1-3-5-7-9-11-13-15-17-19-21-39-55-46-33-25-43(26-34-46)50(53)57-48-31-23-42(24-32-48)41-52-45-29-37-49(38-30-45)58-51(54)44-27-35-47(36-28-44)56-40-22-20-18-16-14-12-10-8-6-4-2/h23-38,41H,3-22,39-40H2,1-2H3. The van der Waals surface area contributed by atoms with E-state index in [4.69, 9.17) is 18.9 Å². The van der Waals surface area contributed by atoms with E-state index >= 15 is 0 Å². The predicted octanol–water partition coefficient (Wildman–Crippen LogP) is 14.5. The zero-order valence-electron chi connectivity index (χ0n) is 35.3. The van der Waals surface area contributed by atoms with Gasteiger partial charge in [0.05, 0.1) is 30.0 Å². The Balaban J connectivity index is 1.09. The molecule has 7 nitrogen and oxygen atoms in total. The number of ether oxygens (including phenoxy) is 4. The summed E-state index contributed by atoms with van der Waals surface area (Å²) in [4.78, 5) is 30.0. The lowest BCUT2D eigenvalue weighted by molar-refractivity contribution is 0.0725. The number of nitrogens with zero attached hydrogens (tertiary/aromatic N) is 1. The van der Waals surface area contributed by atoms with Gasteiger partial charge in [0, 0.05) is 6.21 Å². The van der Waals surface area contributed by atoms with Gasteiger partial charge in [0.1, 0.15) is 23.0 Å². The zero-order chi connectivity index (χ0) is 40.9. The van der Waals surface area contributed by atoms with Crippen LogP contribution in [0.15, 0.2) is 102 Å². The third kappa shape index (κ3) is 19.0. The van der Waals surface area contributed by atoms with Gasteiger partial charge in [-0.2, -0.15) is 0 Å². The fourth-order valence-corrected chi connectivity index (χ4v) is 6.64. The third-order valence-corrected chi connectivity index (χ3v) is 10.2. The normalized spacial score (nSPS) is 11.1. The summed E-state index contributed by atoms with van der Waals surface area (Å²) in [7, 11) is 0. The maximum Gasteiger partial charge on any atom is 0.343 e. The molecule has 0 unspecified atom stereocenters. The van der Waals surface area contributed by atoms with Crippen LogP contribution in [0.1, 0.15) is 169 Å². The summed E-state index contributed by atoms with van der Waals surface area (Å²) in [6.45, 7) is 5.88. The van der Waals surface area contributed by atoms with Crippen molar-refractivity contribution in [3.63, 3.8) is 0 Å². The molecule has 0 aromatic heterocycles. The molecule has 0 heterocycles. The highest BCUT2D eigenvalue weighted by molar-refractivity contribution is 5.92. The Morgan fingerprint density at radius 1 is 0.414 bits per heavy atom. The van der Waals surface area contributed by atoms with Crippen LogP contribution in [0.3, 0.4) is 0 Å². The second-order valence-corrected chi connectivity index (χ2v) is 15.2. The van der Waals surface area contributed by atoms with Crippen molar-refractivity contribution in [2.45, 2.75) is 142 Å². The molecule has 0 N–H and O–H groups in total. The number of hydrogen-bond donors (Lipinski definition) is 0. The molecule has 0 aliphatic rings. The Labute approximate surface area is 348 Å². The van der Waals surface area contributed by atoms with Gasteiger partial charge >= 0.3 is 11.9 Å². The lowest BCUT2D eigenvalue weighted by Crippen LogP contribution is -2.08. The summed E-state index contributed by atoms with van der Waals surface area (Å²) in [5, 5.41) is 0. The van der Waals surface area contributed by atoms with Crippen molar-refractivity contribution in [2.75, 3.05) is 13.2 Å². The minimum atomic E-state index is -0.431. The number of esters is 2. The Hall–Kier alpha value is -4.91. The van der Waals surface area contributed by atoms with Gasteiger partial charge in [-0.3, -0.25) is 4.99 Å². The zero-order valence-corrected chi connectivity index (χ0v) is 35.3. The average molecular weight is 790 g/mol. The topological polar surface area (TPSA) is 83.4 Å². The molecular weight excluding hydrogens is 723 g/mol. The molecule has 0 atom stereocenters. The number of carbonyl (C=O) groups excluding carboxylic acids is 2. The lowest BCUT2D eigenvalue weighted by Gasteiger charge is -2.08. The summed E-state index contributed by atoms with van der Waals surface area (Å²) >= 11 is 0. The third-order valence-electron chi connectivity index (χ3n) is 10.2. The van der Waals surface area contributed by atoms with Crippen LogP contribution >= 0.6 is 0 Å². The van der Waals surface area contributed by atoms with Crippen molar-refractivity contribution >= 4 is 23.8 Å². The van der Waals surface area contributed by atoms with E-state index in [1.54, 1.807) is 66.9 Å². The van der Waals surface area contributed by atoms with Crippen LogP contribution in [0.4, 0.5) is 5.69 Å². The van der Waals surface area contributed by atoms with Gasteiger partial charge in [-0.05, 0) is 115 Å². The highest BCUT2D eigenvalue weighted by Gasteiger charge is 2.11. The number of hydrogen-bond acceptors (Lipinski definition) is 7. The molecule has 0 aliphatic heterocycles. The van der Waals surface area contributed by atoms with E-state index in [0.717, 1.165) is 29.9 Å². The second kappa shape index (κ2) is 28.5. The van der Waals surface area contributed by atoms with Crippen molar-refractivity contribution in [1.82, 2.24) is 0 Å². The van der Waals surface area contributed by atoms with Crippen molar-refractivity contribution in [3.05, 3.63) is 114 Å². The van der Waals surface area contributed by atoms with E-state index < -0.39 is 11.9 Å². The Kier molecular flexibility index (Phi) is 22.5. The van der Waals surface area contributed by atoms with Crippen LogP contribution in [0, 0.1) is 0 Å². The molecule has 0 bridgehead atoms. The highest BCUT2D eigenvalue weighted by Crippen LogP contribution is 2.22. The monoisotopic (exact) mass is 789 g/mol. The predicted molar refractivity (Wildman–Crippen MR) is 238 cm³/mol. The quantitative estimate of drug-likeness (QED) is 0.0226. The van der Waals surface area contributed by atoms with Crippen LogP contribution in [0.5, 0.6) is 23.0 Å². The van der Waals surface area contributed by atoms with E-state index in [2.05, 4.69) is 18.8 Å². The van der Waals surface area contributed by atoms with E-state index in [-0.39, 0.29) is 0 Å². The smallest absolute Gasteiger partial charge is 0.343 e. The van der Waals surface area contributed by atoms with Crippen LogP contribution in [-0.2, 0) is 0 Å². The van der Waals surface area contributed by atoms with Gasteiger partial charge in [-0.25, -0.2) is 9.59 Å². The molecule has 0 amide bonds. The van der Waals surface area contributed by atoms with Gasteiger partial charge in [0.15, 0.2) is 0 Å². The largest absolute Gasteiger partial charge is 0.494 e. The highest BCUT2D eigenvalue weighted by atomic mass is 16.5. The minimum absolute atomic E-state index is 0.427. The van der Waals surface area contributed by atoms with Gasteiger partial charge in [-0.1, -0.05) is 129 Å². The minimum Gasteiger partial charge on any atom is -0.494 e. The number of benzene rings is 4. The number of rotatable bonds is 30. The molecule has 58 heavy (non-hydrogen) atoms. The van der Waals surface area contributed by atoms with E-state index in [0.29, 0.717) is 41.5 Å². The van der Waals surface area contributed by atoms with E-state index in [1.807, 2.05) is 36.4 Å². The molecule has 4 aromatic rings. The molecule has 312 valence electrons. The molecule has 0 aliphatic carbocycles. The molecule has 7 heteroatoms. The SMILES string of the molecule is CCCCCCCCCCCCOc1ccc(C(=O)Oc2ccc(C=Nc3ccc(OC(=O)c4ccc(OCCCCCCCCCCCC)cc4)cc3)cc2)cc1. The maximum atomic E-state index is 12.7. The molecule has 0 fully saturated rings. The van der Waals surface area contributed by atoms with Crippen LogP contribution in [-0.4, -0.2) is 31.4 Å². The molecule has 0 saturated carbocycles. The van der Waals surface area contributed by atoms with Gasteiger partial charge < -0.3 is 18.9 Å². The summed E-state index contributed by atoms with van der Waals surface area (Å²) in [6.07, 6.45) is 27.5. The number of aliphatic imine (C=N–C) groups is 1. The summed E-state index contributed by atoms with van der Waals surface area (Å²) < 4.78 is 22.9. The summed E-state index contributed by atoms with van der Waals surface area (Å²) in [5.41, 5.74) is 2.47. The first-order valence-corrected chi connectivity index (χ1v) is 22.2. The first kappa shape index (κ1) is 45.8. The Morgan fingerprint density at radius 2 is 0.741 bits per heavy atom. The van der Waals surface area contributed by atoms with Gasteiger partial charge in [-0.15, -0.1) is 0 Å². The average Bonchev–Trinajstić information content (AvgIpc) is 3.25. The Bertz CT molecular complexity index is 1590. The van der Waals surface area contributed by atoms with Crippen molar-refractivity contribution in [3.8, 4) is 23.0 Å². The fraction of sp³-hybridized carbons (Fsp3) is 0.471. The van der Waals surface area contributed by atoms with Crippen molar-refractivity contribution < 1.29 is 28.5 Å². The Morgan fingerprint density at radius 3 is 1.12 bits per heavy atom. The van der Waals surface area contributed by atoms with Gasteiger partial charge in [0.25, 0.3) is 0 Å². The maximum absolute atomic E-state index is 12.7. The van der Waals surface area contributed by atoms with Crippen LogP contribution in [0.25, 0.3) is 0 Å². The van der Waals surface area contributed by atoms with E-state index in [1.165, 1.54) is 116 Å². The van der Waals surface area contributed by atoms with Crippen LogP contribution in [0.2, 0.25) is 0 Å². The first-order valence-electron chi connectivity index (χ1n) is 22.2. The lowest BCUT2D eigenvalue weighted by atomic mass is 10.1. The molecule has 4 aromatic carbocycles. The van der Waals surface area contributed by atoms with E-state index in [9.17, 15) is 9.59 Å². The first-order chi connectivity index (χ1) is 28.5. The van der Waals surface area contributed by atoms with Gasteiger partial charge in [0.2, 0.25) is 0 Å². The fourth-order valence-electron chi connectivity index (χ4n) is 6.64. The second-order valence-electron chi connectivity index (χ2n) is 15.2. The molecular formula is C51H67NO6. The number of carbonyl (C=O) groups is 2. The molecule has 0 saturated heterocycles. The van der Waals surface area contributed by atoms with Crippen LogP contribution < -0.4 is 18.9 Å².